The minimum absolute atomic E-state index is 0.0162. The molecule has 21 heavy (non-hydrogen) atoms. The van der Waals surface area contributed by atoms with Gasteiger partial charge in [0.1, 0.15) is 0 Å². The van der Waals surface area contributed by atoms with Gasteiger partial charge in [-0.3, -0.25) is 4.79 Å². The molecule has 3 rings (SSSR count). The van der Waals surface area contributed by atoms with Crippen molar-refractivity contribution >= 4 is 5.97 Å². The van der Waals surface area contributed by atoms with E-state index in [2.05, 4.69) is 36.4 Å². The van der Waals surface area contributed by atoms with Crippen LogP contribution < -0.4 is 0 Å². The van der Waals surface area contributed by atoms with Crippen molar-refractivity contribution in [1.82, 2.24) is 0 Å². The zero-order chi connectivity index (χ0) is 14.7. The van der Waals surface area contributed by atoms with E-state index in [0.717, 1.165) is 6.42 Å². The molecular formula is C19H20O2. The van der Waals surface area contributed by atoms with Crippen LogP contribution >= 0.6 is 0 Å². The number of hydrogen-bond acceptors (Lipinski definition) is 2. The highest BCUT2D eigenvalue weighted by Crippen LogP contribution is 2.53. The Hall–Kier alpha value is -2.09. The molecule has 0 saturated heterocycles. The molecule has 0 amide bonds. The van der Waals surface area contributed by atoms with Crippen LogP contribution in [-0.4, -0.2) is 12.6 Å². The Morgan fingerprint density at radius 1 is 1.00 bits per heavy atom. The molecule has 0 aromatic heterocycles. The lowest BCUT2D eigenvalue weighted by molar-refractivity contribution is -0.152. The maximum absolute atomic E-state index is 12.2. The SMILES string of the molecule is CCOC(=O)[C@H]1C[C@H](c2ccccc2)[C@@H]1c1ccccc1. The van der Waals surface area contributed by atoms with Crippen molar-refractivity contribution in [3.05, 3.63) is 71.8 Å². The number of benzene rings is 2. The van der Waals surface area contributed by atoms with Gasteiger partial charge in [-0.2, -0.15) is 0 Å². The summed E-state index contributed by atoms with van der Waals surface area (Å²) in [5.41, 5.74) is 2.54. The van der Waals surface area contributed by atoms with Crippen LogP contribution in [0.25, 0.3) is 0 Å². The smallest absolute Gasteiger partial charge is 0.309 e. The van der Waals surface area contributed by atoms with E-state index >= 15 is 0 Å². The normalized spacial score (nSPS) is 24.1. The maximum atomic E-state index is 12.2. The maximum Gasteiger partial charge on any atom is 0.309 e. The average Bonchev–Trinajstić information content (AvgIpc) is 2.49. The van der Waals surface area contributed by atoms with E-state index in [1.807, 2.05) is 31.2 Å². The van der Waals surface area contributed by atoms with Crippen molar-refractivity contribution in [2.45, 2.75) is 25.2 Å². The van der Waals surface area contributed by atoms with Crippen LogP contribution in [0.1, 0.15) is 36.3 Å². The lowest BCUT2D eigenvalue weighted by Crippen LogP contribution is -2.39. The molecule has 0 radical (unpaired) electrons. The molecule has 0 bridgehead atoms. The molecule has 0 spiro atoms. The number of carbonyl (C=O) groups excluding carboxylic acids is 1. The highest BCUT2D eigenvalue weighted by molar-refractivity contribution is 5.76. The van der Waals surface area contributed by atoms with Gasteiger partial charge < -0.3 is 4.74 Å². The fraction of sp³-hybridized carbons (Fsp3) is 0.316. The van der Waals surface area contributed by atoms with Crippen molar-refractivity contribution < 1.29 is 9.53 Å². The second kappa shape index (κ2) is 6.13. The van der Waals surface area contributed by atoms with E-state index in [1.165, 1.54) is 11.1 Å². The van der Waals surface area contributed by atoms with Crippen LogP contribution in [0, 0.1) is 5.92 Å². The van der Waals surface area contributed by atoms with Gasteiger partial charge in [0.2, 0.25) is 0 Å². The summed E-state index contributed by atoms with van der Waals surface area (Å²) in [6.45, 7) is 2.32. The largest absolute Gasteiger partial charge is 0.466 e. The van der Waals surface area contributed by atoms with Crippen molar-refractivity contribution in [1.29, 1.82) is 0 Å². The van der Waals surface area contributed by atoms with Crippen LogP contribution in [0.5, 0.6) is 0 Å². The van der Waals surface area contributed by atoms with Gasteiger partial charge in [0.25, 0.3) is 0 Å². The first-order valence-corrected chi connectivity index (χ1v) is 7.57. The first kappa shape index (κ1) is 13.9. The third-order valence-corrected chi connectivity index (χ3v) is 4.38. The van der Waals surface area contributed by atoms with Crippen molar-refractivity contribution in [2.24, 2.45) is 5.92 Å². The van der Waals surface area contributed by atoms with Gasteiger partial charge >= 0.3 is 5.97 Å². The van der Waals surface area contributed by atoms with E-state index in [4.69, 9.17) is 4.74 Å². The minimum atomic E-state index is -0.0569. The first-order valence-electron chi connectivity index (χ1n) is 7.57. The van der Waals surface area contributed by atoms with E-state index < -0.39 is 0 Å². The van der Waals surface area contributed by atoms with Gasteiger partial charge in [0.05, 0.1) is 12.5 Å². The number of ether oxygens (including phenoxy) is 1. The molecule has 0 unspecified atom stereocenters. The summed E-state index contributed by atoms with van der Waals surface area (Å²) >= 11 is 0. The fourth-order valence-electron chi connectivity index (χ4n) is 3.33. The zero-order valence-electron chi connectivity index (χ0n) is 12.2. The topological polar surface area (TPSA) is 26.3 Å². The van der Waals surface area contributed by atoms with Gasteiger partial charge in [-0.05, 0) is 30.4 Å². The van der Waals surface area contributed by atoms with E-state index in [-0.39, 0.29) is 17.8 Å². The lowest BCUT2D eigenvalue weighted by atomic mass is 9.59. The highest BCUT2D eigenvalue weighted by Gasteiger charge is 2.47. The van der Waals surface area contributed by atoms with E-state index in [1.54, 1.807) is 0 Å². The Bertz CT molecular complexity index is 591. The molecule has 1 aliphatic carbocycles. The second-order valence-corrected chi connectivity index (χ2v) is 5.55. The molecule has 2 nitrogen and oxygen atoms in total. The summed E-state index contributed by atoms with van der Waals surface area (Å²) in [5.74, 6) is 0.562. The minimum Gasteiger partial charge on any atom is -0.466 e. The third kappa shape index (κ3) is 2.71. The Kier molecular flexibility index (Phi) is 4.05. The average molecular weight is 280 g/mol. The van der Waals surface area contributed by atoms with Gasteiger partial charge in [-0.25, -0.2) is 0 Å². The number of esters is 1. The zero-order valence-corrected chi connectivity index (χ0v) is 12.2. The third-order valence-electron chi connectivity index (χ3n) is 4.38. The number of rotatable bonds is 4. The number of carbonyl (C=O) groups is 1. The Morgan fingerprint density at radius 2 is 1.57 bits per heavy atom. The molecule has 2 aromatic rings. The summed E-state index contributed by atoms with van der Waals surface area (Å²) in [4.78, 5) is 12.2. The molecular weight excluding hydrogens is 260 g/mol. The molecule has 3 atom stereocenters. The van der Waals surface area contributed by atoms with Crippen molar-refractivity contribution in [2.75, 3.05) is 6.61 Å². The predicted molar refractivity (Wildman–Crippen MR) is 83.1 cm³/mol. The first-order chi connectivity index (χ1) is 10.3. The van der Waals surface area contributed by atoms with Gasteiger partial charge in [0.15, 0.2) is 0 Å². The lowest BCUT2D eigenvalue weighted by Gasteiger charge is -2.44. The van der Waals surface area contributed by atoms with Gasteiger partial charge in [0, 0.05) is 5.92 Å². The molecule has 108 valence electrons. The molecule has 0 aliphatic heterocycles. The Labute approximate surface area is 125 Å². The van der Waals surface area contributed by atoms with E-state index in [9.17, 15) is 4.79 Å². The van der Waals surface area contributed by atoms with Crippen LogP contribution in [0.2, 0.25) is 0 Å². The summed E-state index contributed by atoms with van der Waals surface area (Å²) in [7, 11) is 0. The molecule has 2 aromatic carbocycles. The fourth-order valence-corrected chi connectivity index (χ4v) is 3.33. The molecule has 1 aliphatic rings. The standard InChI is InChI=1S/C19H20O2/c1-2-21-19(20)17-13-16(14-9-5-3-6-10-14)18(17)15-11-7-4-8-12-15/h3-12,16-18H,2,13H2,1H3/t16-,17+,18+/m1/s1. The number of hydrogen-bond donors (Lipinski definition) is 0. The van der Waals surface area contributed by atoms with Crippen LogP contribution in [0.4, 0.5) is 0 Å². The predicted octanol–water partition coefficient (Wildman–Crippen LogP) is 4.14. The molecule has 2 heteroatoms. The van der Waals surface area contributed by atoms with Gasteiger partial charge in [-0.1, -0.05) is 60.7 Å². The van der Waals surface area contributed by atoms with Crippen LogP contribution in [0.3, 0.4) is 0 Å². The molecule has 1 saturated carbocycles. The molecule has 0 heterocycles. The van der Waals surface area contributed by atoms with Crippen LogP contribution in [-0.2, 0) is 9.53 Å². The van der Waals surface area contributed by atoms with Crippen molar-refractivity contribution in [3.63, 3.8) is 0 Å². The summed E-state index contributed by atoms with van der Waals surface area (Å²) in [6, 6.07) is 20.8. The monoisotopic (exact) mass is 280 g/mol. The molecule has 0 N–H and O–H groups in total. The highest BCUT2D eigenvalue weighted by atomic mass is 16.5. The Balaban J connectivity index is 1.88. The second-order valence-electron chi connectivity index (χ2n) is 5.55. The van der Waals surface area contributed by atoms with Crippen LogP contribution in [0.15, 0.2) is 60.7 Å². The summed E-state index contributed by atoms with van der Waals surface area (Å²) < 4.78 is 5.24. The molecule has 1 fully saturated rings. The summed E-state index contributed by atoms with van der Waals surface area (Å²) in [6.07, 6.45) is 0.877. The Morgan fingerprint density at radius 3 is 2.14 bits per heavy atom. The van der Waals surface area contributed by atoms with E-state index in [0.29, 0.717) is 12.5 Å². The quantitative estimate of drug-likeness (QED) is 0.787. The van der Waals surface area contributed by atoms with Crippen molar-refractivity contribution in [3.8, 4) is 0 Å². The summed E-state index contributed by atoms with van der Waals surface area (Å²) in [5, 5.41) is 0. The van der Waals surface area contributed by atoms with Gasteiger partial charge in [-0.15, -0.1) is 0 Å².